The van der Waals surface area contributed by atoms with E-state index in [1.54, 1.807) is 24.5 Å². The lowest BCUT2D eigenvalue weighted by molar-refractivity contribution is 0.0681. The molecule has 0 spiro atoms. The van der Waals surface area contributed by atoms with Crippen molar-refractivity contribution in [2.75, 3.05) is 0 Å². The van der Waals surface area contributed by atoms with Gasteiger partial charge >= 0.3 is 5.97 Å². The van der Waals surface area contributed by atoms with E-state index in [2.05, 4.69) is 10.1 Å². The second-order valence-corrected chi connectivity index (χ2v) is 4.34. The molecule has 0 atom stereocenters. The maximum absolute atomic E-state index is 11.1. The van der Waals surface area contributed by atoms with E-state index in [0.717, 1.165) is 0 Å². The Balaban J connectivity index is 2.13. The number of nitrogens with zero attached hydrogens (tertiary/aromatic N) is 3. The number of hydrogen-bond acceptors (Lipinski definition) is 4. The molecule has 0 aromatic carbocycles. The molecule has 0 bridgehead atoms. The first-order chi connectivity index (χ1) is 9.08. The minimum Gasteiger partial charge on any atom is -0.486 e. The quantitative estimate of drug-likeness (QED) is 0.892. The van der Waals surface area contributed by atoms with Crippen molar-refractivity contribution in [1.29, 1.82) is 0 Å². The predicted molar refractivity (Wildman–Crippen MR) is 68.1 cm³/mol. The monoisotopic (exact) mass is 261 g/mol. The number of hydrogen-bond donors (Lipinski definition) is 1. The molecule has 2 rings (SSSR count). The highest BCUT2D eigenvalue weighted by atomic mass is 16.5. The van der Waals surface area contributed by atoms with Crippen molar-refractivity contribution in [3.8, 4) is 5.75 Å². The Morgan fingerprint density at radius 2 is 2.32 bits per heavy atom. The molecule has 0 radical (unpaired) electrons. The van der Waals surface area contributed by atoms with E-state index in [1.807, 2.05) is 13.8 Å². The molecule has 100 valence electrons. The molecule has 6 nitrogen and oxygen atoms in total. The van der Waals surface area contributed by atoms with Crippen molar-refractivity contribution < 1.29 is 14.6 Å². The van der Waals surface area contributed by atoms with Crippen LogP contribution in [0.2, 0.25) is 0 Å². The lowest BCUT2D eigenvalue weighted by atomic mass is 10.3. The van der Waals surface area contributed by atoms with Gasteiger partial charge in [-0.1, -0.05) is 0 Å². The van der Waals surface area contributed by atoms with Gasteiger partial charge in [-0.25, -0.2) is 4.79 Å². The fourth-order valence-electron chi connectivity index (χ4n) is 1.66. The third-order valence-electron chi connectivity index (χ3n) is 2.52. The molecule has 0 aliphatic carbocycles. The minimum absolute atomic E-state index is 0.0155. The van der Waals surface area contributed by atoms with Crippen LogP contribution in [-0.2, 0) is 6.61 Å². The Kier molecular flexibility index (Phi) is 3.79. The Morgan fingerprint density at radius 1 is 1.53 bits per heavy atom. The van der Waals surface area contributed by atoms with E-state index in [9.17, 15) is 4.79 Å². The van der Waals surface area contributed by atoms with Gasteiger partial charge in [-0.3, -0.25) is 9.67 Å². The van der Waals surface area contributed by atoms with E-state index in [1.165, 1.54) is 10.7 Å². The van der Waals surface area contributed by atoms with Crippen LogP contribution >= 0.6 is 0 Å². The lowest BCUT2D eigenvalue weighted by Gasteiger charge is -2.07. The van der Waals surface area contributed by atoms with Crippen LogP contribution in [0.5, 0.6) is 5.75 Å². The maximum Gasteiger partial charge on any atom is 0.354 e. The smallest absolute Gasteiger partial charge is 0.354 e. The summed E-state index contributed by atoms with van der Waals surface area (Å²) < 4.78 is 6.97. The summed E-state index contributed by atoms with van der Waals surface area (Å²) in [6.07, 6.45) is 3.25. The van der Waals surface area contributed by atoms with Crippen LogP contribution in [0.25, 0.3) is 0 Å². The average Bonchev–Trinajstić information content (AvgIpc) is 2.82. The van der Waals surface area contributed by atoms with Gasteiger partial charge in [0.05, 0.1) is 6.20 Å². The molecule has 0 fully saturated rings. The number of ether oxygens (including phenoxy) is 1. The molecule has 0 saturated carbocycles. The number of carbonyl (C=O) groups is 1. The molecule has 6 heteroatoms. The largest absolute Gasteiger partial charge is 0.486 e. The van der Waals surface area contributed by atoms with Crippen LogP contribution in [0.3, 0.4) is 0 Å². The van der Waals surface area contributed by atoms with Crippen molar-refractivity contribution in [1.82, 2.24) is 14.8 Å². The molecule has 19 heavy (non-hydrogen) atoms. The second-order valence-electron chi connectivity index (χ2n) is 4.34. The molecule has 1 N–H and O–H groups in total. The molecule has 0 saturated heterocycles. The topological polar surface area (TPSA) is 77.2 Å². The fraction of sp³-hybridized carbons (Fsp3) is 0.308. The minimum atomic E-state index is -0.992. The van der Waals surface area contributed by atoms with Crippen molar-refractivity contribution in [3.05, 3.63) is 42.0 Å². The number of aromatic nitrogens is 3. The van der Waals surface area contributed by atoms with Gasteiger partial charge in [-0.05, 0) is 32.0 Å². The summed E-state index contributed by atoms with van der Waals surface area (Å²) in [6.45, 7) is 3.97. The molecule has 0 amide bonds. The SMILES string of the molecule is CC(C)n1nc(COc2cccnc2)cc1C(=O)O. The number of carboxylic acids is 1. The van der Waals surface area contributed by atoms with E-state index in [0.29, 0.717) is 11.4 Å². The summed E-state index contributed by atoms with van der Waals surface area (Å²) in [5.74, 6) is -0.368. The Hall–Kier alpha value is -2.37. The average molecular weight is 261 g/mol. The molecular weight excluding hydrogens is 246 g/mol. The summed E-state index contributed by atoms with van der Waals surface area (Å²) >= 11 is 0. The lowest BCUT2D eigenvalue weighted by Crippen LogP contribution is -2.12. The maximum atomic E-state index is 11.1. The highest BCUT2D eigenvalue weighted by molar-refractivity contribution is 5.85. The van der Waals surface area contributed by atoms with Crippen LogP contribution in [0.4, 0.5) is 0 Å². The summed E-state index contributed by atoms with van der Waals surface area (Å²) in [4.78, 5) is 15.0. The number of aromatic carboxylic acids is 1. The Labute approximate surface area is 110 Å². The second kappa shape index (κ2) is 5.51. The standard InChI is InChI=1S/C13H15N3O3/c1-9(2)16-12(13(17)18)6-10(15-16)8-19-11-4-3-5-14-7-11/h3-7,9H,8H2,1-2H3,(H,17,18). The van der Waals surface area contributed by atoms with Gasteiger partial charge in [0.1, 0.15) is 23.7 Å². The summed E-state index contributed by atoms with van der Waals surface area (Å²) in [5, 5.41) is 13.3. The van der Waals surface area contributed by atoms with E-state index < -0.39 is 5.97 Å². The number of rotatable bonds is 5. The number of pyridine rings is 1. The zero-order valence-corrected chi connectivity index (χ0v) is 10.8. The molecule has 2 aromatic rings. The Morgan fingerprint density at radius 3 is 2.84 bits per heavy atom. The summed E-state index contributed by atoms with van der Waals surface area (Å²) in [5.41, 5.74) is 0.745. The molecule has 0 aliphatic rings. The van der Waals surface area contributed by atoms with Crippen molar-refractivity contribution in [2.24, 2.45) is 0 Å². The molecule has 2 heterocycles. The first-order valence-electron chi connectivity index (χ1n) is 5.92. The van der Waals surface area contributed by atoms with Crippen molar-refractivity contribution >= 4 is 5.97 Å². The van der Waals surface area contributed by atoms with E-state index >= 15 is 0 Å². The first kappa shape index (κ1) is 13.1. The Bertz CT molecular complexity index is 564. The van der Waals surface area contributed by atoms with Gasteiger partial charge in [-0.15, -0.1) is 0 Å². The molecule has 0 aliphatic heterocycles. The highest BCUT2D eigenvalue weighted by Crippen LogP contribution is 2.14. The first-order valence-corrected chi connectivity index (χ1v) is 5.92. The van der Waals surface area contributed by atoms with Crippen LogP contribution in [0.15, 0.2) is 30.6 Å². The van der Waals surface area contributed by atoms with Gasteiger partial charge < -0.3 is 9.84 Å². The predicted octanol–water partition coefficient (Wildman–Crippen LogP) is 2.14. The van der Waals surface area contributed by atoms with Gasteiger partial charge in [0.15, 0.2) is 0 Å². The summed E-state index contributed by atoms with van der Waals surface area (Å²) in [7, 11) is 0. The van der Waals surface area contributed by atoms with Gasteiger partial charge in [0.25, 0.3) is 0 Å². The van der Waals surface area contributed by atoms with Gasteiger partial charge in [-0.2, -0.15) is 5.10 Å². The fourth-order valence-corrected chi connectivity index (χ4v) is 1.66. The normalized spacial score (nSPS) is 10.7. The molecule has 0 unspecified atom stereocenters. The zero-order chi connectivity index (χ0) is 13.8. The van der Waals surface area contributed by atoms with Crippen LogP contribution in [0.1, 0.15) is 36.1 Å². The number of carboxylic acid groups (broad SMARTS) is 1. The highest BCUT2D eigenvalue weighted by Gasteiger charge is 2.16. The van der Waals surface area contributed by atoms with Gasteiger partial charge in [0, 0.05) is 12.2 Å². The molecule has 2 aromatic heterocycles. The van der Waals surface area contributed by atoms with Crippen molar-refractivity contribution in [2.45, 2.75) is 26.5 Å². The van der Waals surface area contributed by atoms with E-state index in [4.69, 9.17) is 9.84 Å². The van der Waals surface area contributed by atoms with E-state index in [-0.39, 0.29) is 18.3 Å². The zero-order valence-electron chi connectivity index (χ0n) is 10.8. The third-order valence-corrected chi connectivity index (χ3v) is 2.52. The summed E-state index contributed by atoms with van der Waals surface area (Å²) in [6, 6.07) is 5.06. The van der Waals surface area contributed by atoms with Crippen LogP contribution in [0, 0.1) is 0 Å². The van der Waals surface area contributed by atoms with Gasteiger partial charge in [0.2, 0.25) is 0 Å². The van der Waals surface area contributed by atoms with Crippen LogP contribution < -0.4 is 4.74 Å². The molecular formula is C13H15N3O3. The van der Waals surface area contributed by atoms with Crippen molar-refractivity contribution in [3.63, 3.8) is 0 Å². The third kappa shape index (κ3) is 3.09. The van der Waals surface area contributed by atoms with Crippen LogP contribution in [-0.4, -0.2) is 25.8 Å².